The quantitative estimate of drug-likeness (QED) is 0.223. The Morgan fingerprint density at radius 1 is 0.842 bits per heavy atom. The molecule has 0 aromatic heterocycles. The number of ether oxygens (including phenoxy) is 1. The number of amides is 1. The molecule has 1 aliphatic heterocycles. The van der Waals surface area contributed by atoms with Gasteiger partial charge in [0.25, 0.3) is 5.91 Å². The van der Waals surface area contributed by atoms with E-state index in [1.165, 1.54) is 0 Å². The van der Waals surface area contributed by atoms with Crippen LogP contribution in [0.15, 0.2) is 109 Å². The number of nitrogens with one attached hydrogen (secondary N) is 1. The first kappa shape index (κ1) is 25.5. The van der Waals surface area contributed by atoms with Crippen LogP contribution >= 0.6 is 0 Å². The Kier molecular flexibility index (Phi) is 7.73. The van der Waals surface area contributed by atoms with E-state index in [9.17, 15) is 9.90 Å². The fourth-order valence-electron chi connectivity index (χ4n) is 5.28. The number of hydrogen-bond acceptors (Lipinski definition) is 5. The van der Waals surface area contributed by atoms with E-state index in [0.717, 1.165) is 28.1 Å². The molecule has 4 aromatic carbocycles. The van der Waals surface area contributed by atoms with Crippen molar-refractivity contribution >= 4 is 23.0 Å². The van der Waals surface area contributed by atoms with E-state index in [1.807, 2.05) is 72.8 Å². The standard InChI is InChI=1S/C32H33N3O3/c33-27-13-11-26(12-14-27)32(24-7-3-1-4-8-24,25-9-5-2-6-10-25)21-30(36)22-34-28-15-17-29(18-16-28)35-19-20-38-23-31(35)37/h1-18,30,34,36H,19-23,33H2/t30-/m0/s1. The molecular weight excluding hydrogens is 474 g/mol. The van der Waals surface area contributed by atoms with Crippen molar-refractivity contribution in [1.82, 2.24) is 0 Å². The molecule has 4 N–H and O–H groups in total. The zero-order valence-corrected chi connectivity index (χ0v) is 21.3. The molecule has 0 saturated carbocycles. The van der Waals surface area contributed by atoms with E-state index in [4.69, 9.17) is 10.5 Å². The number of morpholine rings is 1. The average Bonchev–Trinajstić information content (AvgIpc) is 2.97. The third-order valence-corrected chi connectivity index (χ3v) is 7.19. The number of carbonyl (C=O) groups excluding carboxylic acids is 1. The molecule has 1 aliphatic rings. The molecule has 194 valence electrons. The summed E-state index contributed by atoms with van der Waals surface area (Å²) in [6, 6.07) is 36.3. The highest BCUT2D eigenvalue weighted by Gasteiger charge is 2.38. The lowest BCUT2D eigenvalue weighted by atomic mass is 9.66. The molecule has 5 rings (SSSR count). The number of rotatable bonds is 9. The van der Waals surface area contributed by atoms with E-state index in [1.54, 1.807) is 4.90 Å². The van der Waals surface area contributed by atoms with Gasteiger partial charge in [0.2, 0.25) is 0 Å². The summed E-state index contributed by atoms with van der Waals surface area (Å²) in [5.41, 5.74) is 11.2. The van der Waals surface area contributed by atoms with Gasteiger partial charge in [-0.15, -0.1) is 0 Å². The molecule has 1 atom stereocenters. The fourth-order valence-corrected chi connectivity index (χ4v) is 5.28. The molecule has 6 heteroatoms. The molecule has 1 heterocycles. The fraction of sp³-hybridized carbons (Fsp3) is 0.219. The number of anilines is 3. The zero-order chi connectivity index (χ0) is 26.4. The Bertz CT molecular complexity index is 1290. The molecule has 38 heavy (non-hydrogen) atoms. The molecule has 0 spiro atoms. The van der Waals surface area contributed by atoms with Crippen molar-refractivity contribution in [3.8, 4) is 0 Å². The second kappa shape index (κ2) is 11.5. The van der Waals surface area contributed by atoms with Crippen molar-refractivity contribution in [3.05, 3.63) is 126 Å². The first-order valence-corrected chi connectivity index (χ1v) is 12.9. The van der Waals surface area contributed by atoms with Crippen molar-refractivity contribution in [2.45, 2.75) is 17.9 Å². The minimum absolute atomic E-state index is 0.0341. The van der Waals surface area contributed by atoms with Gasteiger partial charge in [-0.2, -0.15) is 0 Å². The molecule has 1 fully saturated rings. The van der Waals surface area contributed by atoms with Crippen LogP contribution in [0, 0.1) is 0 Å². The van der Waals surface area contributed by atoms with Gasteiger partial charge < -0.3 is 25.8 Å². The normalized spacial score (nSPS) is 14.8. The summed E-state index contributed by atoms with van der Waals surface area (Å²) in [4.78, 5) is 13.9. The van der Waals surface area contributed by atoms with Crippen LogP contribution in [0.1, 0.15) is 23.1 Å². The minimum atomic E-state index is -0.659. The van der Waals surface area contributed by atoms with Crippen molar-refractivity contribution in [3.63, 3.8) is 0 Å². The Balaban J connectivity index is 1.40. The number of carbonyl (C=O) groups is 1. The highest BCUT2D eigenvalue weighted by Crippen LogP contribution is 2.43. The summed E-state index contributed by atoms with van der Waals surface area (Å²) in [6.07, 6.45) is -0.188. The predicted molar refractivity (Wildman–Crippen MR) is 152 cm³/mol. The van der Waals surface area contributed by atoms with Gasteiger partial charge in [-0.3, -0.25) is 4.79 Å². The third kappa shape index (κ3) is 5.42. The van der Waals surface area contributed by atoms with E-state index in [0.29, 0.717) is 31.8 Å². The minimum Gasteiger partial charge on any atom is -0.399 e. The van der Waals surface area contributed by atoms with E-state index >= 15 is 0 Å². The summed E-state index contributed by atoms with van der Waals surface area (Å²) in [7, 11) is 0. The molecule has 6 nitrogen and oxygen atoms in total. The molecule has 0 unspecified atom stereocenters. The van der Waals surface area contributed by atoms with Crippen LogP contribution in [0.3, 0.4) is 0 Å². The number of aliphatic hydroxyl groups is 1. The highest BCUT2D eigenvalue weighted by atomic mass is 16.5. The van der Waals surface area contributed by atoms with Crippen LogP contribution in [0.2, 0.25) is 0 Å². The van der Waals surface area contributed by atoms with Gasteiger partial charge in [0.1, 0.15) is 6.61 Å². The zero-order valence-electron chi connectivity index (χ0n) is 21.3. The Labute approximate surface area is 223 Å². The number of aliphatic hydroxyl groups excluding tert-OH is 1. The topological polar surface area (TPSA) is 87.8 Å². The van der Waals surface area contributed by atoms with Gasteiger partial charge in [-0.05, 0) is 59.5 Å². The maximum Gasteiger partial charge on any atom is 0.253 e. The van der Waals surface area contributed by atoms with Crippen molar-refractivity contribution in [2.75, 3.05) is 42.3 Å². The lowest BCUT2D eigenvalue weighted by molar-refractivity contribution is -0.125. The van der Waals surface area contributed by atoms with Crippen molar-refractivity contribution < 1.29 is 14.6 Å². The average molecular weight is 508 g/mol. The van der Waals surface area contributed by atoms with Crippen molar-refractivity contribution in [1.29, 1.82) is 0 Å². The highest BCUT2D eigenvalue weighted by molar-refractivity contribution is 5.95. The van der Waals surface area contributed by atoms with Crippen LogP contribution in [-0.2, 0) is 14.9 Å². The van der Waals surface area contributed by atoms with E-state index in [-0.39, 0.29) is 12.5 Å². The van der Waals surface area contributed by atoms with Gasteiger partial charge in [0.05, 0.1) is 12.7 Å². The molecule has 1 saturated heterocycles. The summed E-state index contributed by atoms with van der Waals surface area (Å²) in [5.74, 6) is -0.0341. The van der Waals surface area contributed by atoms with Crippen molar-refractivity contribution in [2.24, 2.45) is 0 Å². The smallest absolute Gasteiger partial charge is 0.253 e. The molecule has 0 aliphatic carbocycles. The Hall–Kier alpha value is -4.13. The first-order valence-electron chi connectivity index (χ1n) is 12.9. The van der Waals surface area contributed by atoms with Crippen LogP contribution < -0.4 is 16.0 Å². The second-order valence-electron chi connectivity index (χ2n) is 9.64. The maximum atomic E-state index is 12.1. The third-order valence-electron chi connectivity index (χ3n) is 7.19. The molecule has 1 amide bonds. The Morgan fingerprint density at radius 3 is 2.00 bits per heavy atom. The molecule has 4 aromatic rings. The van der Waals surface area contributed by atoms with E-state index < -0.39 is 11.5 Å². The predicted octanol–water partition coefficient (Wildman–Crippen LogP) is 4.83. The number of nitrogens with two attached hydrogens (primary N) is 1. The van der Waals surface area contributed by atoms with Crippen LogP contribution in [0.25, 0.3) is 0 Å². The monoisotopic (exact) mass is 507 g/mol. The van der Waals surface area contributed by atoms with Crippen LogP contribution in [0.4, 0.5) is 17.1 Å². The molecule has 0 bridgehead atoms. The largest absolute Gasteiger partial charge is 0.399 e. The lowest BCUT2D eigenvalue weighted by Gasteiger charge is -2.38. The van der Waals surface area contributed by atoms with E-state index in [2.05, 4.69) is 41.7 Å². The van der Waals surface area contributed by atoms with Crippen LogP contribution in [0.5, 0.6) is 0 Å². The number of nitrogen functional groups attached to an aromatic ring is 1. The summed E-state index contributed by atoms with van der Waals surface area (Å²) in [6.45, 7) is 1.57. The second-order valence-corrected chi connectivity index (χ2v) is 9.64. The summed E-state index contributed by atoms with van der Waals surface area (Å²) >= 11 is 0. The molecule has 0 radical (unpaired) electrons. The number of nitrogens with zero attached hydrogens (tertiary/aromatic N) is 1. The number of hydrogen-bond donors (Lipinski definition) is 3. The van der Waals surface area contributed by atoms with Crippen LogP contribution in [-0.4, -0.2) is 43.4 Å². The van der Waals surface area contributed by atoms with Gasteiger partial charge >= 0.3 is 0 Å². The Morgan fingerprint density at radius 2 is 1.42 bits per heavy atom. The van der Waals surface area contributed by atoms with Gasteiger partial charge in [-0.1, -0.05) is 72.8 Å². The summed E-state index contributed by atoms with van der Waals surface area (Å²) < 4.78 is 5.23. The first-order chi connectivity index (χ1) is 18.6. The molecular formula is C32H33N3O3. The van der Waals surface area contributed by atoms with Gasteiger partial charge in [0, 0.05) is 35.6 Å². The number of benzene rings is 4. The maximum absolute atomic E-state index is 12.1. The summed E-state index contributed by atoms with van der Waals surface area (Å²) in [5, 5.41) is 14.8. The van der Waals surface area contributed by atoms with Gasteiger partial charge in [0.15, 0.2) is 0 Å². The van der Waals surface area contributed by atoms with Gasteiger partial charge in [-0.25, -0.2) is 0 Å². The lowest BCUT2D eigenvalue weighted by Crippen LogP contribution is -2.41. The SMILES string of the molecule is Nc1ccc(C(C[C@H](O)CNc2ccc(N3CCOCC3=O)cc2)(c2ccccc2)c2ccccc2)cc1.